The van der Waals surface area contributed by atoms with Crippen LogP contribution in [0.15, 0.2) is 23.1 Å². The van der Waals surface area contributed by atoms with Gasteiger partial charge in [0.1, 0.15) is 6.04 Å². The SMILES string of the molecule is COC(=O)C1CCCN1CCS(=O)(=O)c1cc(Cl)ccc1Cl. The first-order valence-corrected chi connectivity index (χ1v) is 9.25. The molecule has 0 saturated carbocycles. The standard InChI is InChI=1S/C14H17Cl2NO4S/c1-21-14(18)12-3-2-6-17(12)7-8-22(19,20)13-9-10(15)4-5-11(13)16/h4-5,9,12H,2-3,6-8H2,1H3. The highest BCUT2D eigenvalue weighted by molar-refractivity contribution is 7.91. The van der Waals surface area contributed by atoms with Crippen LogP contribution in [0.1, 0.15) is 12.8 Å². The zero-order valence-electron chi connectivity index (χ0n) is 12.1. The Balaban J connectivity index is 2.10. The van der Waals surface area contributed by atoms with Gasteiger partial charge in [-0.2, -0.15) is 0 Å². The number of carbonyl (C=O) groups excluding carboxylic acids is 1. The predicted molar refractivity (Wildman–Crippen MR) is 85.1 cm³/mol. The van der Waals surface area contributed by atoms with Crippen LogP contribution in [0.3, 0.4) is 0 Å². The Bertz CT molecular complexity index is 663. The van der Waals surface area contributed by atoms with Crippen LogP contribution >= 0.6 is 23.2 Å². The van der Waals surface area contributed by atoms with E-state index in [1.165, 1.54) is 25.3 Å². The molecule has 22 heavy (non-hydrogen) atoms. The number of likely N-dealkylation sites (tertiary alicyclic amines) is 1. The minimum absolute atomic E-state index is 0.0236. The fourth-order valence-corrected chi connectivity index (χ4v) is 4.63. The van der Waals surface area contributed by atoms with E-state index in [0.717, 1.165) is 6.42 Å². The molecule has 1 aliphatic heterocycles. The third-order valence-corrected chi connectivity index (χ3v) is 6.12. The summed E-state index contributed by atoms with van der Waals surface area (Å²) in [5.74, 6) is -0.448. The maximum atomic E-state index is 12.4. The first-order valence-electron chi connectivity index (χ1n) is 6.85. The van der Waals surface area contributed by atoms with Gasteiger partial charge < -0.3 is 4.74 Å². The van der Waals surface area contributed by atoms with E-state index in [9.17, 15) is 13.2 Å². The van der Waals surface area contributed by atoms with Gasteiger partial charge in [-0.25, -0.2) is 8.42 Å². The summed E-state index contributed by atoms with van der Waals surface area (Å²) < 4.78 is 29.6. The number of hydrogen-bond donors (Lipinski definition) is 0. The van der Waals surface area contributed by atoms with Crippen LogP contribution in [0.2, 0.25) is 10.0 Å². The van der Waals surface area contributed by atoms with Gasteiger partial charge >= 0.3 is 5.97 Å². The van der Waals surface area contributed by atoms with Crippen molar-refractivity contribution in [2.75, 3.05) is 26.0 Å². The third kappa shape index (κ3) is 3.93. The second-order valence-electron chi connectivity index (χ2n) is 5.11. The van der Waals surface area contributed by atoms with Crippen LogP contribution in [0, 0.1) is 0 Å². The first kappa shape index (κ1) is 17.5. The molecule has 1 aromatic carbocycles. The van der Waals surface area contributed by atoms with Gasteiger partial charge in [0.25, 0.3) is 0 Å². The predicted octanol–water partition coefficient (Wildman–Crippen LogP) is 2.40. The minimum Gasteiger partial charge on any atom is -0.468 e. The molecule has 1 aliphatic rings. The third-order valence-electron chi connectivity index (χ3n) is 3.71. The minimum atomic E-state index is -3.57. The average molecular weight is 366 g/mol. The fraction of sp³-hybridized carbons (Fsp3) is 0.500. The molecule has 2 rings (SSSR count). The number of rotatable bonds is 5. The summed E-state index contributed by atoms with van der Waals surface area (Å²) in [6.45, 7) is 0.934. The van der Waals surface area contributed by atoms with Crippen molar-refractivity contribution in [2.45, 2.75) is 23.8 Å². The normalized spacial score (nSPS) is 19.3. The molecule has 1 atom stereocenters. The molecule has 1 saturated heterocycles. The van der Waals surface area contributed by atoms with Gasteiger partial charge in [-0.1, -0.05) is 23.2 Å². The zero-order chi connectivity index (χ0) is 16.3. The fourth-order valence-electron chi connectivity index (χ4n) is 2.56. The van der Waals surface area contributed by atoms with E-state index in [2.05, 4.69) is 0 Å². The molecule has 0 aromatic heterocycles. The van der Waals surface area contributed by atoms with E-state index >= 15 is 0 Å². The van der Waals surface area contributed by atoms with Crippen LogP contribution in [0.5, 0.6) is 0 Å². The summed E-state index contributed by atoms with van der Waals surface area (Å²) in [4.78, 5) is 13.5. The molecule has 1 heterocycles. The van der Waals surface area contributed by atoms with Crippen molar-refractivity contribution in [1.82, 2.24) is 4.90 Å². The Morgan fingerprint density at radius 2 is 2.14 bits per heavy atom. The molecule has 122 valence electrons. The first-order chi connectivity index (χ1) is 10.3. The van der Waals surface area contributed by atoms with E-state index in [4.69, 9.17) is 27.9 Å². The smallest absolute Gasteiger partial charge is 0.323 e. The Kier molecular flexibility index (Phi) is 5.71. The number of esters is 1. The maximum Gasteiger partial charge on any atom is 0.323 e. The van der Waals surface area contributed by atoms with Crippen molar-refractivity contribution in [3.63, 3.8) is 0 Å². The number of benzene rings is 1. The molecule has 8 heteroatoms. The van der Waals surface area contributed by atoms with Crippen molar-refractivity contribution < 1.29 is 17.9 Å². The van der Waals surface area contributed by atoms with Crippen molar-refractivity contribution in [1.29, 1.82) is 0 Å². The topological polar surface area (TPSA) is 63.7 Å². The number of halogens is 2. The Morgan fingerprint density at radius 3 is 2.82 bits per heavy atom. The second kappa shape index (κ2) is 7.17. The lowest BCUT2D eigenvalue weighted by atomic mass is 10.2. The van der Waals surface area contributed by atoms with Gasteiger partial charge in [0.05, 0.1) is 22.8 Å². The van der Waals surface area contributed by atoms with E-state index < -0.39 is 9.84 Å². The summed E-state index contributed by atoms with van der Waals surface area (Å²) in [6, 6.07) is 3.98. The van der Waals surface area contributed by atoms with Crippen LogP contribution in [-0.2, 0) is 19.4 Å². The lowest BCUT2D eigenvalue weighted by molar-refractivity contribution is -0.145. The molecule has 1 fully saturated rings. The average Bonchev–Trinajstić information content (AvgIpc) is 2.95. The molecule has 0 aliphatic carbocycles. The molecule has 0 bridgehead atoms. The summed E-state index contributed by atoms with van der Waals surface area (Å²) >= 11 is 11.8. The van der Waals surface area contributed by atoms with Gasteiger partial charge in [0.2, 0.25) is 0 Å². The van der Waals surface area contributed by atoms with Gasteiger partial charge in [-0.15, -0.1) is 0 Å². The number of hydrogen-bond acceptors (Lipinski definition) is 5. The molecular formula is C14H17Cl2NO4S. The Labute approximate surface area is 140 Å². The molecule has 5 nitrogen and oxygen atoms in total. The largest absolute Gasteiger partial charge is 0.468 e. The Morgan fingerprint density at radius 1 is 1.41 bits per heavy atom. The lowest BCUT2D eigenvalue weighted by Gasteiger charge is -2.22. The molecule has 1 aromatic rings. The summed E-state index contributed by atoms with van der Waals surface area (Å²) in [5, 5.41) is 0.465. The van der Waals surface area contributed by atoms with E-state index in [1.54, 1.807) is 0 Å². The van der Waals surface area contributed by atoms with Crippen molar-refractivity contribution in [3.8, 4) is 0 Å². The van der Waals surface area contributed by atoms with Crippen molar-refractivity contribution in [3.05, 3.63) is 28.2 Å². The number of methoxy groups -OCH3 is 1. The molecule has 0 N–H and O–H groups in total. The van der Waals surface area contributed by atoms with Crippen molar-refractivity contribution in [2.24, 2.45) is 0 Å². The number of ether oxygens (including phenoxy) is 1. The molecular weight excluding hydrogens is 349 g/mol. The lowest BCUT2D eigenvalue weighted by Crippen LogP contribution is -2.39. The van der Waals surface area contributed by atoms with Crippen LogP contribution in [-0.4, -0.2) is 51.3 Å². The second-order valence-corrected chi connectivity index (χ2v) is 8.03. The number of carbonyl (C=O) groups is 1. The summed E-state index contributed by atoms with van der Waals surface area (Å²) in [7, 11) is -2.23. The van der Waals surface area contributed by atoms with Gasteiger partial charge in [0.15, 0.2) is 9.84 Å². The Hall–Kier alpha value is -0.820. The maximum absolute atomic E-state index is 12.4. The summed E-state index contributed by atoms with van der Waals surface area (Å²) in [5.41, 5.74) is 0. The van der Waals surface area contributed by atoms with Crippen LogP contribution in [0.25, 0.3) is 0 Å². The van der Waals surface area contributed by atoms with Crippen LogP contribution in [0.4, 0.5) is 0 Å². The zero-order valence-corrected chi connectivity index (χ0v) is 14.4. The monoisotopic (exact) mass is 365 g/mol. The van der Waals surface area contributed by atoms with E-state index in [-0.39, 0.29) is 34.2 Å². The molecule has 0 amide bonds. The number of sulfone groups is 1. The highest BCUT2D eigenvalue weighted by Gasteiger charge is 2.32. The molecule has 0 radical (unpaired) electrons. The van der Waals surface area contributed by atoms with Crippen LogP contribution < -0.4 is 0 Å². The van der Waals surface area contributed by atoms with Gasteiger partial charge in [0, 0.05) is 11.6 Å². The van der Waals surface area contributed by atoms with E-state index in [0.29, 0.717) is 18.0 Å². The van der Waals surface area contributed by atoms with E-state index in [1.807, 2.05) is 4.90 Å². The number of nitrogens with zero attached hydrogens (tertiary/aromatic N) is 1. The van der Waals surface area contributed by atoms with Crippen molar-refractivity contribution >= 4 is 39.0 Å². The molecule has 0 spiro atoms. The van der Waals surface area contributed by atoms with Gasteiger partial charge in [-0.3, -0.25) is 9.69 Å². The summed E-state index contributed by atoms with van der Waals surface area (Å²) in [6.07, 6.45) is 1.53. The highest BCUT2D eigenvalue weighted by atomic mass is 35.5. The highest BCUT2D eigenvalue weighted by Crippen LogP contribution is 2.26. The van der Waals surface area contributed by atoms with Gasteiger partial charge in [-0.05, 0) is 37.6 Å². The molecule has 1 unspecified atom stereocenters. The quantitative estimate of drug-likeness (QED) is 0.749.